The zero-order chi connectivity index (χ0) is 13.2. The third kappa shape index (κ3) is 2.55. The lowest BCUT2D eigenvalue weighted by Gasteiger charge is -2.05. The molecule has 2 N–H and O–H groups in total. The van der Waals surface area contributed by atoms with Gasteiger partial charge in [0, 0.05) is 13.0 Å². The number of anilines is 1. The number of fused-ring (bicyclic) bond motifs is 1. The summed E-state index contributed by atoms with van der Waals surface area (Å²) in [5.41, 5.74) is 0. The summed E-state index contributed by atoms with van der Waals surface area (Å²) in [4.78, 5) is 11.7. The van der Waals surface area contributed by atoms with E-state index < -0.39 is 0 Å². The molecule has 3 rings (SSSR count). The molecule has 0 unspecified atom stereocenters. The van der Waals surface area contributed by atoms with Gasteiger partial charge in [-0.1, -0.05) is 11.3 Å². The molecule has 8 nitrogen and oxygen atoms in total. The molecule has 0 bridgehead atoms. The Kier molecular flexibility index (Phi) is 3.11. The third-order valence-corrected chi connectivity index (χ3v) is 3.59. The van der Waals surface area contributed by atoms with Gasteiger partial charge in [0.15, 0.2) is 5.82 Å². The lowest BCUT2D eigenvalue weighted by molar-refractivity contribution is 0.251. The number of carbonyl (C=O) groups excluding carboxylic acids is 1. The van der Waals surface area contributed by atoms with E-state index in [2.05, 4.69) is 35.6 Å². The van der Waals surface area contributed by atoms with E-state index in [1.807, 2.05) is 6.92 Å². The molecule has 19 heavy (non-hydrogen) atoms. The second kappa shape index (κ2) is 4.92. The van der Waals surface area contributed by atoms with Crippen LogP contribution in [0.2, 0.25) is 0 Å². The average Bonchev–Trinajstić information content (AvgIpc) is 3.04. The van der Waals surface area contributed by atoms with Gasteiger partial charge in [0.05, 0.1) is 6.54 Å². The molecule has 0 spiro atoms. The van der Waals surface area contributed by atoms with Crippen LogP contribution < -0.4 is 10.6 Å². The average molecular weight is 279 g/mol. The normalized spacial score (nSPS) is 13.3. The van der Waals surface area contributed by atoms with Crippen LogP contribution in [0.1, 0.15) is 23.1 Å². The first-order chi connectivity index (χ1) is 9.22. The van der Waals surface area contributed by atoms with Crippen LogP contribution in [0.3, 0.4) is 0 Å². The van der Waals surface area contributed by atoms with Crippen molar-refractivity contribution >= 4 is 22.5 Å². The first-order valence-electron chi connectivity index (χ1n) is 5.98. The van der Waals surface area contributed by atoms with Gasteiger partial charge in [0.1, 0.15) is 10.8 Å². The van der Waals surface area contributed by atoms with E-state index in [0.29, 0.717) is 11.7 Å². The van der Waals surface area contributed by atoms with Crippen molar-refractivity contribution in [2.45, 2.75) is 32.9 Å². The lowest BCUT2D eigenvalue weighted by atomic mass is 10.4. The highest BCUT2D eigenvalue weighted by Gasteiger charge is 2.17. The summed E-state index contributed by atoms with van der Waals surface area (Å²) >= 11 is 1.33. The predicted octanol–water partition coefficient (Wildman–Crippen LogP) is 0.706. The van der Waals surface area contributed by atoms with Crippen LogP contribution >= 0.6 is 11.3 Å². The number of aryl methyl sites for hydroxylation is 2. The molecular weight excluding hydrogens is 266 g/mol. The Morgan fingerprint density at radius 3 is 3.05 bits per heavy atom. The van der Waals surface area contributed by atoms with Crippen LogP contribution in [0.5, 0.6) is 0 Å². The smallest absolute Gasteiger partial charge is 0.321 e. The van der Waals surface area contributed by atoms with Crippen molar-refractivity contribution in [2.75, 3.05) is 5.32 Å². The van der Waals surface area contributed by atoms with Crippen LogP contribution in [0.15, 0.2) is 0 Å². The fourth-order valence-corrected chi connectivity index (χ4v) is 2.58. The van der Waals surface area contributed by atoms with Crippen molar-refractivity contribution in [1.29, 1.82) is 0 Å². The van der Waals surface area contributed by atoms with E-state index in [1.165, 1.54) is 11.3 Å². The number of hydrogen-bond donors (Lipinski definition) is 2. The van der Waals surface area contributed by atoms with Crippen molar-refractivity contribution in [3.63, 3.8) is 0 Å². The third-order valence-electron chi connectivity index (χ3n) is 2.84. The van der Waals surface area contributed by atoms with E-state index in [0.717, 1.165) is 36.0 Å². The molecule has 0 saturated carbocycles. The SMILES string of the molecule is Cc1nnc(NC(=O)NCc2nnc3n2CCC3)s1. The van der Waals surface area contributed by atoms with E-state index in [4.69, 9.17) is 0 Å². The molecule has 0 aliphatic carbocycles. The molecule has 0 aromatic carbocycles. The molecule has 0 fully saturated rings. The summed E-state index contributed by atoms with van der Waals surface area (Å²) in [6.07, 6.45) is 2.05. The van der Waals surface area contributed by atoms with Gasteiger partial charge in [0.25, 0.3) is 0 Å². The molecule has 3 heterocycles. The highest BCUT2D eigenvalue weighted by molar-refractivity contribution is 7.15. The van der Waals surface area contributed by atoms with Gasteiger partial charge >= 0.3 is 6.03 Å². The monoisotopic (exact) mass is 279 g/mol. The standard InChI is InChI=1S/C10H13N7OS/c1-6-13-16-10(19-6)12-9(18)11-5-8-15-14-7-3-2-4-17(7)8/h2-5H2,1H3,(H2,11,12,16,18). The quantitative estimate of drug-likeness (QED) is 0.862. The molecule has 2 aromatic heterocycles. The maximum atomic E-state index is 11.7. The summed E-state index contributed by atoms with van der Waals surface area (Å²) in [5.74, 6) is 1.79. The molecule has 100 valence electrons. The van der Waals surface area contributed by atoms with Gasteiger partial charge in [-0.15, -0.1) is 20.4 Å². The van der Waals surface area contributed by atoms with Crippen molar-refractivity contribution in [2.24, 2.45) is 0 Å². The first kappa shape index (κ1) is 12.0. The van der Waals surface area contributed by atoms with E-state index >= 15 is 0 Å². The lowest BCUT2D eigenvalue weighted by Crippen LogP contribution is -2.29. The van der Waals surface area contributed by atoms with Gasteiger partial charge in [-0.2, -0.15) is 0 Å². The van der Waals surface area contributed by atoms with Crippen molar-refractivity contribution < 1.29 is 4.79 Å². The number of hydrogen-bond acceptors (Lipinski definition) is 6. The Hall–Kier alpha value is -2.03. The minimum absolute atomic E-state index is 0.313. The first-order valence-corrected chi connectivity index (χ1v) is 6.80. The van der Waals surface area contributed by atoms with Crippen molar-refractivity contribution in [3.05, 3.63) is 16.7 Å². The van der Waals surface area contributed by atoms with Gasteiger partial charge in [-0.3, -0.25) is 5.32 Å². The van der Waals surface area contributed by atoms with Gasteiger partial charge in [-0.05, 0) is 13.3 Å². The second-order valence-electron chi connectivity index (χ2n) is 4.22. The highest BCUT2D eigenvalue weighted by Crippen LogP contribution is 2.14. The number of amides is 2. The topological polar surface area (TPSA) is 97.6 Å². The maximum Gasteiger partial charge on any atom is 0.321 e. The minimum atomic E-state index is -0.313. The van der Waals surface area contributed by atoms with Crippen LogP contribution in [0.25, 0.3) is 0 Å². The molecular formula is C10H13N7OS. The molecule has 1 aliphatic rings. The van der Waals surface area contributed by atoms with E-state index in [9.17, 15) is 4.79 Å². The number of nitrogens with one attached hydrogen (secondary N) is 2. The highest BCUT2D eigenvalue weighted by atomic mass is 32.1. The Morgan fingerprint density at radius 1 is 1.37 bits per heavy atom. The minimum Gasteiger partial charge on any atom is -0.331 e. The van der Waals surface area contributed by atoms with Gasteiger partial charge in [-0.25, -0.2) is 4.79 Å². The molecule has 2 aromatic rings. The summed E-state index contributed by atoms with van der Waals surface area (Å²) < 4.78 is 2.05. The summed E-state index contributed by atoms with van der Waals surface area (Å²) in [6, 6.07) is -0.313. The van der Waals surface area contributed by atoms with Crippen LogP contribution in [0.4, 0.5) is 9.93 Å². The second-order valence-corrected chi connectivity index (χ2v) is 5.40. The van der Waals surface area contributed by atoms with Crippen molar-refractivity contribution in [1.82, 2.24) is 30.3 Å². The molecule has 1 aliphatic heterocycles. The number of aromatic nitrogens is 5. The Morgan fingerprint density at radius 2 is 2.26 bits per heavy atom. The van der Waals surface area contributed by atoms with Crippen molar-refractivity contribution in [3.8, 4) is 0 Å². The van der Waals surface area contributed by atoms with Gasteiger partial charge in [0.2, 0.25) is 5.13 Å². The Bertz CT molecular complexity index is 605. The van der Waals surface area contributed by atoms with Crippen LogP contribution in [-0.2, 0) is 19.5 Å². The molecule has 0 saturated heterocycles. The number of carbonyl (C=O) groups is 1. The molecule has 2 amide bonds. The van der Waals surface area contributed by atoms with Gasteiger partial charge < -0.3 is 9.88 Å². The zero-order valence-electron chi connectivity index (χ0n) is 10.4. The molecule has 0 radical (unpaired) electrons. The summed E-state index contributed by atoms with van der Waals surface area (Å²) in [6.45, 7) is 3.12. The number of urea groups is 1. The largest absolute Gasteiger partial charge is 0.331 e. The Labute approximate surface area is 113 Å². The molecule has 0 atom stereocenters. The molecule has 9 heteroatoms. The van der Waals surface area contributed by atoms with E-state index in [-0.39, 0.29) is 6.03 Å². The predicted molar refractivity (Wildman–Crippen MR) is 68.8 cm³/mol. The van der Waals surface area contributed by atoms with E-state index in [1.54, 1.807) is 0 Å². The fourth-order valence-electron chi connectivity index (χ4n) is 1.99. The zero-order valence-corrected chi connectivity index (χ0v) is 11.2. The Balaban J connectivity index is 1.55. The number of nitrogens with zero attached hydrogens (tertiary/aromatic N) is 5. The number of rotatable bonds is 3. The fraction of sp³-hybridized carbons (Fsp3) is 0.500. The van der Waals surface area contributed by atoms with Crippen LogP contribution in [-0.4, -0.2) is 31.0 Å². The summed E-state index contributed by atoms with van der Waals surface area (Å²) in [5, 5.41) is 22.5. The van der Waals surface area contributed by atoms with Crippen LogP contribution in [0, 0.1) is 6.92 Å². The summed E-state index contributed by atoms with van der Waals surface area (Å²) in [7, 11) is 0. The maximum absolute atomic E-state index is 11.7.